The van der Waals surface area contributed by atoms with Gasteiger partial charge >= 0.3 is 0 Å². The Labute approximate surface area is 87.1 Å². The van der Waals surface area contributed by atoms with E-state index in [1.807, 2.05) is 0 Å². The van der Waals surface area contributed by atoms with Crippen LogP contribution in [0.25, 0.3) is 0 Å². The van der Waals surface area contributed by atoms with E-state index in [2.05, 4.69) is 5.32 Å². The molecule has 0 aliphatic heterocycles. The number of rotatable bonds is 6. The zero-order chi connectivity index (χ0) is 10.6. The van der Waals surface area contributed by atoms with Crippen LogP contribution in [0.5, 0.6) is 0 Å². The van der Waals surface area contributed by atoms with Crippen molar-refractivity contribution < 1.29 is 9.00 Å². The summed E-state index contributed by atoms with van der Waals surface area (Å²) in [6.45, 7) is 2.54. The maximum atomic E-state index is 11.3. The number of amides is 1. The number of carbonyl (C=O) groups excluding carboxylic acids is 1. The summed E-state index contributed by atoms with van der Waals surface area (Å²) in [7, 11) is -1.11. The van der Waals surface area contributed by atoms with Gasteiger partial charge in [0.1, 0.15) is 5.75 Å². The first-order valence-corrected chi connectivity index (χ1v) is 6.44. The summed E-state index contributed by atoms with van der Waals surface area (Å²) in [4.78, 5) is 11.2. The predicted molar refractivity (Wildman–Crippen MR) is 57.3 cm³/mol. The van der Waals surface area contributed by atoms with Gasteiger partial charge in [-0.25, -0.2) is 0 Å². The summed E-state index contributed by atoms with van der Waals surface area (Å²) in [5.74, 6) is 1.04. The highest BCUT2D eigenvalue weighted by molar-refractivity contribution is 7.85. The van der Waals surface area contributed by atoms with Crippen LogP contribution in [0.1, 0.15) is 19.8 Å². The van der Waals surface area contributed by atoms with Crippen LogP contribution in [0.3, 0.4) is 0 Å². The van der Waals surface area contributed by atoms with Gasteiger partial charge in [-0.05, 0) is 25.7 Å². The Balaban J connectivity index is 2.08. The Bertz CT molecular complexity index is 227. The number of hydrogen-bond donors (Lipinski definition) is 2. The van der Waals surface area contributed by atoms with Gasteiger partial charge in [-0.15, -0.1) is 0 Å². The molecule has 0 aromatic heterocycles. The summed E-state index contributed by atoms with van der Waals surface area (Å²) in [6.07, 6.45) is 2.42. The molecule has 1 amide bonds. The van der Waals surface area contributed by atoms with Gasteiger partial charge in [0.25, 0.3) is 0 Å². The predicted octanol–water partition coefficient (Wildman–Crippen LogP) is -0.391. The second-order valence-corrected chi connectivity index (χ2v) is 5.48. The minimum absolute atomic E-state index is 0.0915. The van der Waals surface area contributed by atoms with Crippen molar-refractivity contribution in [3.05, 3.63) is 0 Å². The lowest BCUT2D eigenvalue weighted by Crippen LogP contribution is -2.33. The molecule has 4 nitrogen and oxygen atoms in total. The molecule has 0 heterocycles. The topological polar surface area (TPSA) is 72.2 Å². The van der Waals surface area contributed by atoms with Crippen LogP contribution in [-0.2, 0) is 15.6 Å². The minimum Gasteiger partial charge on any atom is -0.355 e. The van der Waals surface area contributed by atoms with Crippen LogP contribution in [0.4, 0.5) is 0 Å². The molecule has 0 saturated heterocycles. The molecule has 2 atom stereocenters. The molecule has 1 saturated carbocycles. The van der Waals surface area contributed by atoms with E-state index < -0.39 is 10.8 Å². The molecule has 0 radical (unpaired) electrons. The SMILES string of the molecule is CC(N)CS(=O)CC(=O)NCC1CC1. The highest BCUT2D eigenvalue weighted by Gasteiger charge is 2.21. The monoisotopic (exact) mass is 218 g/mol. The first-order valence-electron chi connectivity index (χ1n) is 4.95. The van der Waals surface area contributed by atoms with Crippen LogP contribution in [0.15, 0.2) is 0 Å². The third-order valence-electron chi connectivity index (χ3n) is 2.03. The Morgan fingerprint density at radius 3 is 2.79 bits per heavy atom. The van der Waals surface area contributed by atoms with Gasteiger partial charge < -0.3 is 11.1 Å². The maximum Gasteiger partial charge on any atom is 0.232 e. The molecular weight excluding hydrogens is 200 g/mol. The summed E-state index contributed by atoms with van der Waals surface area (Å²) < 4.78 is 11.3. The van der Waals surface area contributed by atoms with E-state index in [4.69, 9.17) is 5.73 Å². The lowest BCUT2D eigenvalue weighted by Gasteiger charge is -2.06. The quantitative estimate of drug-likeness (QED) is 0.637. The number of nitrogens with one attached hydrogen (secondary N) is 1. The van der Waals surface area contributed by atoms with Crippen molar-refractivity contribution in [3.63, 3.8) is 0 Å². The average Bonchev–Trinajstić information content (AvgIpc) is 2.81. The smallest absolute Gasteiger partial charge is 0.232 e. The van der Waals surface area contributed by atoms with Crippen LogP contribution >= 0.6 is 0 Å². The Morgan fingerprint density at radius 2 is 2.29 bits per heavy atom. The fourth-order valence-electron chi connectivity index (χ4n) is 1.13. The third-order valence-corrected chi connectivity index (χ3v) is 3.51. The van der Waals surface area contributed by atoms with Crippen molar-refractivity contribution in [2.75, 3.05) is 18.1 Å². The third kappa shape index (κ3) is 5.34. The van der Waals surface area contributed by atoms with Crippen molar-refractivity contribution in [2.45, 2.75) is 25.8 Å². The van der Waals surface area contributed by atoms with Crippen molar-refractivity contribution in [1.82, 2.24) is 5.32 Å². The average molecular weight is 218 g/mol. The van der Waals surface area contributed by atoms with E-state index in [1.54, 1.807) is 6.92 Å². The molecular formula is C9H18N2O2S. The molecule has 1 aliphatic rings. The van der Waals surface area contributed by atoms with E-state index in [1.165, 1.54) is 12.8 Å². The molecule has 5 heteroatoms. The van der Waals surface area contributed by atoms with Gasteiger partial charge in [0.05, 0.1) is 0 Å². The zero-order valence-electron chi connectivity index (χ0n) is 8.49. The lowest BCUT2D eigenvalue weighted by atomic mass is 10.4. The van der Waals surface area contributed by atoms with Crippen molar-refractivity contribution in [3.8, 4) is 0 Å². The first kappa shape index (κ1) is 11.7. The molecule has 1 rings (SSSR count). The largest absolute Gasteiger partial charge is 0.355 e. The minimum atomic E-state index is -1.11. The molecule has 0 aromatic carbocycles. The van der Waals surface area contributed by atoms with Gasteiger partial charge in [0.15, 0.2) is 0 Å². The molecule has 3 N–H and O–H groups in total. The maximum absolute atomic E-state index is 11.3. The first-order chi connectivity index (χ1) is 6.58. The normalized spacial score (nSPS) is 20.1. The number of nitrogens with two attached hydrogens (primary N) is 1. The standard InChI is InChI=1S/C9H18N2O2S/c1-7(10)5-14(13)6-9(12)11-4-8-2-3-8/h7-8H,2-6,10H2,1H3,(H,11,12). The molecule has 0 aromatic rings. The fraction of sp³-hybridized carbons (Fsp3) is 0.889. The molecule has 1 fully saturated rings. The summed E-state index contributed by atoms with van der Waals surface area (Å²) >= 11 is 0. The molecule has 82 valence electrons. The Morgan fingerprint density at radius 1 is 1.64 bits per heavy atom. The van der Waals surface area contributed by atoms with Crippen LogP contribution < -0.4 is 11.1 Å². The summed E-state index contributed by atoms with van der Waals surface area (Å²) in [6, 6.07) is -0.105. The number of hydrogen-bond acceptors (Lipinski definition) is 3. The van der Waals surface area contributed by atoms with Crippen molar-refractivity contribution >= 4 is 16.7 Å². The van der Waals surface area contributed by atoms with E-state index >= 15 is 0 Å². The van der Waals surface area contributed by atoms with Crippen LogP contribution in [0, 0.1) is 5.92 Å². The van der Waals surface area contributed by atoms with Gasteiger partial charge in [-0.1, -0.05) is 0 Å². The molecule has 14 heavy (non-hydrogen) atoms. The van der Waals surface area contributed by atoms with E-state index in [0.717, 1.165) is 6.54 Å². The highest BCUT2D eigenvalue weighted by atomic mass is 32.2. The number of carbonyl (C=O) groups is 1. The Kier molecular flexibility index (Phi) is 4.54. The highest BCUT2D eigenvalue weighted by Crippen LogP contribution is 2.27. The van der Waals surface area contributed by atoms with Crippen molar-refractivity contribution in [2.24, 2.45) is 11.7 Å². The summed E-state index contributed by atoms with van der Waals surface area (Å²) in [5.41, 5.74) is 5.48. The van der Waals surface area contributed by atoms with E-state index in [9.17, 15) is 9.00 Å². The fourth-order valence-corrected chi connectivity index (χ4v) is 2.23. The van der Waals surface area contributed by atoms with Gasteiger partial charge in [0, 0.05) is 29.1 Å². The second-order valence-electron chi connectivity index (χ2n) is 3.98. The Hall–Kier alpha value is -0.420. The van der Waals surface area contributed by atoms with E-state index in [-0.39, 0.29) is 17.7 Å². The zero-order valence-corrected chi connectivity index (χ0v) is 9.31. The lowest BCUT2D eigenvalue weighted by molar-refractivity contribution is -0.118. The summed E-state index contributed by atoms with van der Waals surface area (Å²) in [5, 5.41) is 2.78. The van der Waals surface area contributed by atoms with E-state index in [0.29, 0.717) is 11.7 Å². The van der Waals surface area contributed by atoms with Gasteiger partial charge in [-0.3, -0.25) is 9.00 Å². The molecule has 0 spiro atoms. The molecule has 1 aliphatic carbocycles. The molecule has 0 bridgehead atoms. The second kappa shape index (κ2) is 5.46. The van der Waals surface area contributed by atoms with Crippen molar-refractivity contribution in [1.29, 1.82) is 0 Å². The van der Waals surface area contributed by atoms with Gasteiger partial charge in [0.2, 0.25) is 5.91 Å². The van der Waals surface area contributed by atoms with Gasteiger partial charge in [-0.2, -0.15) is 0 Å². The van der Waals surface area contributed by atoms with Crippen LogP contribution in [-0.4, -0.2) is 34.2 Å². The van der Waals surface area contributed by atoms with Crippen LogP contribution in [0.2, 0.25) is 0 Å². The molecule has 2 unspecified atom stereocenters.